The summed E-state index contributed by atoms with van der Waals surface area (Å²) in [4.78, 5) is 36.5. The fraction of sp³-hybridized carbons (Fsp3) is 0.812. The average molecular weight is 338 g/mol. The van der Waals surface area contributed by atoms with Gasteiger partial charge in [0.1, 0.15) is 0 Å². The third kappa shape index (κ3) is 2.94. The molecule has 1 saturated carbocycles. The Morgan fingerprint density at radius 1 is 1.42 bits per heavy atom. The van der Waals surface area contributed by atoms with E-state index in [1.54, 1.807) is 6.92 Å². The molecule has 2 saturated heterocycles. The summed E-state index contributed by atoms with van der Waals surface area (Å²) < 4.78 is 5.01. The highest BCUT2D eigenvalue weighted by Crippen LogP contribution is 2.62. The van der Waals surface area contributed by atoms with E-state index in [0.717, 1.165) is 11.6 Å². The first-order valence-corrected chi connectivity index (χ1v) is 8.62. The van der Waals surface area contributed by atoms with E-state index < -0.39 is 6.09 Å². The van der Waals surface area contributed by atoms with E-state index in [2.05, 4.69) is 29.9 Å². The second-order valence-electron chi connectivity index (χ2n) is 7.40. The van der Waals surface area contributed by atoms with E-state index >= 15 is 0 Å². The highest BCUT2D eigenvalue weighted by atomic mass is 16.6. The molecule has 2 aliphatic heterocycles. The molecule has 0 aromatic carbocycles. The zero-order valence-corrected chi connectivity index (χ0v) is 14.4. The van der Waals surface area contributed by atoms with E-state index in [1.807, 2.05) is 0 Å². The molecule has 3 amide bonds. The minimum atomic E-state index is -0.629. The van der Waals surface area contributed by atoms with Crippen molar-refractivity contribution >= 4 is 17.9 Å². The quantitative estimate of drug-likeness (QED) is 0.620. The maximum absolute atomic E-state index is 12.6. The van der Waals surface area contributed by atoms with Crippen molar-refractivity contribution in [1.29, 1.82) is 0 Å². The molecule has 0 aromatic rings. The second kappa shape index (κ2) is 6.23. The summed E-state index contributed by atoms with van der Waals surface area (Å²) in [6, 6.07) is -0.306. The molecule has 3 rings (SSSR count). The van der Waals surface area contributed by atoms with Gasteiger partial charge < -0.3 is 15.4 Å². The van der Waals surface area contributed by atoms with Gasteiger partial charge in [-0.3, -0.25) is 15.0 Å². The van der Waals surface area contributed by atoms with Crippen molar-refractivity contribution in [3.05, 3.63) is 0 Å². The van der Waals surface area contributed by atoms with Crippen LogP contribution in [0.4, 0.5) is 4.79 Å². The standard InChI is InChI=1S/C16H26N4O4/c1-4-24-15(23)20(8-9-5-6-17-13(9)21)19-14(22)12-11-10(7-18-12)16(11,2)3/h9-12,18H,4-8H2,1-3H3,(H,17,21)(H,19,22)/t9?,10?,11?,12-/m0/s1. The fourth-order valence-electron chi connectivity index (χ4n) is 4.08. The highest BCUT2D eigenvalue weighted by Gasteiger charge is 2.65. The Kier molecular flexibility index (Phi) is 4.42. The zero-order valence-electron chi connectivity index (χ0n) is 14.4. The number of hydrogen-bond donors (Lipinski definition) is 3. The van der Waals surface area contributed by atoms with Crippen molar-refractivity contribution in [2.24, 2.45) is 23.2 Å². The van der Waals surface area contributed by atoms with Crippen LogP contribution in [0.5, 0.6) is 0 Å². The van der Waals surface area contributed by atoms with Crippen molar-refractivity contribution in [1.82, 2.24) is 21.1 Å². The third-order valence-electron chi connectivity index (χ3n) is 5.64. The van der Waals surface area contributed by atoms with Gasteiger partial charge in [-0.1, -0.05) is 13.8 Å². The lowest BCUT2D eigenvalue weighted by Crippen LogP contribution is -2.55. The van der Waals surface area contributed by atoms with Gasteiger partial charge in [-0.15, -0.1) is 0 Å². The number of nitrogens with zero attached hydrogens (tertiary/aromatic N) is 1. The van der Waals surface area contributed by atoms with E-state index in [-0.39, 0.29) is 48.3 Å². The summed E-state index contributed by atoms with van der Waals surface area (Å²) in [5.41, 5.74) is 2.82. The molecule has 3 unspecified atom stereocenters. The van der Waals surface area contributed by atoms with Crippen molar-refractivity contribution in [3.8, 4) is 0 Å². The molecule has 0 aromatic heterocycles. The molecule has 8 nitrogen and oxygen atoms in total. The van der Waals surface area contributed by atoms with Gasteiger partial charge in [0.2, 0.25) is 5.91 Å². The van der Waals surface area contributed by atoms with Gasteiger partial charge in [0, 0.05) is 6.54 Å². The Morgan fingerprint density at radius 2 is 2.17 bits per heavy atom. The van der Waals surface area contributed by atoms with Crippen LogP contribution >= 0.6 is 0 Å². The number of carbonyl (C=O) groups excluding carboxylic acids is 3. The predicted octanol–water partition coefficient (Wildman–Crippen LogP) is -0.144. The monoisotopic (exact) mass is 338 g/mol. The van der Waals surface area contributed by atoms with Crippen molar-refractivity contribution in [2.45, 2.75) is 33.2 Å². The number of hydrogen-bond acceptors (Lipinski definition) is 5. The van der Waals surface area contributed by atoms with Crippen LogP contribution in [-0.4, -0.2) is 55.2 Å². The summed E-state index contributed by atoms with van der Waals surface area (Å²) >= 11 is 0. The van der Waals surface area contributed by atoms with Gasteiger partial charge in [0.15, 0.2) is 0 Å². The van der Waals surface area contributed by atoms with Gasteiger partial charge in [0.05, 0.1) is 25.1 Å². The first-order valence-electron chi connectivity index (χ1n) is 8.62. The lowest BCUT2D eigenvalue weighted by molar-refractivity contribution is -0.130. The Labute approximate surface area is 141 Å². The topological polar surface area (TPSA) is 99.8 Å². The number of amides is 3. The minimum absolute atomic E-state index is 0.0964. The summed E-state index contributed by atoms with van der Waals surface area (Å²) in [6.45, 7) is 7.78. The predicted molar refractivity (Wildman–Crippen MR) is 85.5 cm³/mol. The summed E-state index contributed by atoms with van der Waals surface area (Å²) in [7, 11) is 0. The third-order valence-corrected chi connectivity index (χ3v) is 5.64. The molecular weight excluding hydrogens is 312 g/mol. The molecule has 3 fully saturated rings. The van der Waals surface area contributed by atoms with Crippen LogP contribution in [0.15, 0.2) is 0 Å². The summed E-state index contributed by atoms with van der Waals surface area (Å²) in [6.07, 6.45) is 0.0134. The Bertz CT molecular complexity index is 550. The molecule has 24 heavy (non-hydrogen) atoms. The Hall–Kier alpha value is -1.83. The lowest BCUT2D eigenvalue weighted by atomic mass is 10.0. The van der Waals surface area contributed by atoms with E-state index in [9.17, 15) is 14.4 Å². The Morgan fingerprint density at radius 3 is 2.71 bits per heavy atom. The number of hydrazine groups is 1. The fourth-order valence-corrected chi connectivity index (χ4v) is 4.08. The molecule has 134 valence electrons. The second-order valence-corrected chi connectivity index (χ2v) is 7.40. The molecule has 4 atom stereocenters. The molecule has 0 spiro atoms. The molecule has 1 aliphatic carbocycles. The van der Waals surface area contributed by atoms with Gasteiger partial charge >= 0.3 is 6.09 Å². The number of rotatable bonds is 4. The smallest absolute Gasteiger partial charge is 0.428 e. The van der Waals surface area contributed by atoms with Gasteiger partial charge in [-0.2, -0.15) is 0 Å². The molecule has 8 heteroatoms. The summed E-state index contributed by atoms with van der Waals surface area (Å²) in [5.74, 6) is 0.137. The maximum atomic E-state index is 12.6. The van der Waals surface area contributed by atoms with Crippen molar-refractivity contribution in [2.75, 3.05) is 26.2 Å². The number of piperidine rings is 1. The van der Waals surface area contributed by atoms with Crippen LogP contribution in [0.3, 0.4) is 0 Å². The summed E-state index contributed by atoms with van der Waals surface area (Å²) in [5, 5.41) is 7.10. The molecule has 2 heterocycles. The zero-order chi connectivity index (χ0) is 17.5. The molecule has 0 bridgehead atoms. The molecule has 3 N–H and O–H groups in total. The number of fused-ring (bicyclic) bond motifs is 1. The van der Waals surface area contributed by atoms with Crippen molar-refractivity contribution < 1.29 is 19.1 Å². The molecule has 0 radical (unpaired) electrons. The van der Waals surface area contributed by atoms with Gasteiger partial charge in [-0.05, 0) is 37.1 Å². The number of ether oxygens (including phenoxy) is 1. The van der Waals surface area contributed by atoms with Gasteiger partial charge in [-0.25, -0.2) is 9.80 Å². The lowest BCUT2D eigenvalue weighted by Gasteiger charge is -2.27. The normalized spacial score (nSPS) is 32.7. The van der Waals surface area contributed by atoms with Crippen LogP contribution < -0.4 is 16.1 Å². The molecule has 3 aliphatic rings. The number of nitrogens with one attached hydrogen (secondary N) is 3. The van der Waals surface area contributed by atoms with E-state index in [0.29, 0.717) is 18.9 Å². The first kappa shape index (κ1) is 17.0. The van der Waals surface area contributed by atoms with E-state index in [4.69, 9.17) is 4.74 Å². The maximum Gasteiger partial charge on any atom is 0.428 e. The Balaban J connectivity index is 1.63. The van der Waals surface area contributed by atoms with Crippen LogP contribution in [0.25, 0.3) is 0 Å². The van der Waals surface area contributed by atoms with Crippen LogP contribution in [0, 0.1) is 23.2 Å². The van der Waals surface area contributed by atoms with Gasteiger partial charge in [0.25, 0.3) is 5.91 Å². The molecular formula is C16H26N4O4. The first-order chi connectivity index (χ1) is 11.4. The number of carbonyl (C=O) groups is 3. The van der Waals surface area contributed by atoms with Crippen LogP contribution in [0.1, 0.15) is 27.2 Å². The van der Waals surface area contributed by atoms with Crippen LogP contribution in [-0.2, 0) is 14.3 Å². The SMILES string of the molecule is CCOC(=O)N(CC1CCNC1=O)NC(=O)[C@H]1NCC2C1C2(C)C. The highest BCUT2D eigenvalue weighted by molar-refractivity contribution is 5.86. The largest absolute Gasteiger partial charge is 0.448 e. The average Bonchev–Trinajstić information content (AvgIpc) is 2.94. The van der Waals surface area contributed by atoms with E-state index in [1.165, 1.54) is 0 Å². The van der Waals surface area contributed by atoms with Crippen molar-refractivity contribution in [3.63, 3.8) is 0 Å². The van der Waals surface area contributed by atoms with Crippen LogP contribution in [0.2, 0.25) is 0 Å². The minimum Gasteiger partial charge on any atom is -0.448 e.